The zero-order valence-electron chi connectivity index (χ0n) is 32.1. The molecule has 5 rings (SSSR count). The van der Waals surface area contributed by atoms with Crippen molar-refractivity contribution in [3.05, 3.63) is 130 Å². The first-order valence-electron chi connectivity index (χ1n) is 19.1. The molecule has 0 saturated heterocycles. The monoisotopic (exact) mass is 789 g/mol. The molecular weight excluding hydrogens is 738 g/mol. The Morgan fingerprint density at radius 1 is 0.579 bits per heavy atom. The molecule has 0 radical (unpaired) electrons. The number of ether oxygens (including phenoxy) is 10. The van der Waals surface area contributed by atoms with Gasteiger partial charge >= 0.3 is 5.97 Å². The summed E-state index contributed by atoms with van der Waals surface area (Å²) in [5.41, 5.74) is 0.693. The number of carbonyl (C=O) groups excluding carboxylic acids is 1. The Morgan fingerprint density at radius 2 is 1.02 bits per heavy atom. The van der Waals surface area contributed by atoms with E-state index in [1.807, 2.05) is 84.9 Å². The van der Waals surface area contributed by atoms with Gasteiger partial charge in [-0.05, 0) is 47.4 Å². The first-order valence-corrected chi connectivity index (χ1v) is 19.1. The Hall–Kier alpha value is -5.25. The molecule has 4 aromatic rings. The van der Waals surface area contributed by atoms with Crippen LogP contribution < -0.4 is 18.9 Å². The van der Waals surface area contributed by atoms with Gasteiger partial charge in [-0.1, -0.05) is 78.9 Å². The minimum absolute atomic E-state index is 0.00686. The third-order valence-electron chi connectivity index (χ3n) is 8.65. The molecule has 0 amide bonds. The second-order valence-electron chi connectivity index (χ2n) is 12.7. The van der Waals surface area contributed by atoms with E-state index in [1.54, 1.807) is 18.2 Å². The van der Waals surface area contributed by atoms with Crippen molar-refractivity contribution in [2.24, 2.45) is 0 Å². The van der Waals surface area contributed by atoms with Crippen molar-refractivity contribution >= 4 is 5.97 Å². The van der Waals surface area contributed by atoms with Gasteiger partial charge < -0.3 is 47.4 Å². The summed E-state index contributed by atoms with van der Waals surface area (Å²) in [5, 5.41) is 11.9. The number of hydrogen-bond donors (Lipinski definition) is 0. The number of benzene rings is 4. The minimum Gasteiger partial charge on any atom is -0.487 e. The average molecular weight is 790 g/mol. The van der Waals surface area contributed by atoms with Gasteiger partial charge in [-0.25, -0.2) is 0 Å². The largest absolute Gasteiger partial charge is 0.487 e. The molecule has 306 valence electrons. The molecule has 1 heterocycles. The highest BCUT2D eigenvalue weighted by atomic mass is 16.6. The summed E-state index contributed by atoms with van der Waals surface area (Å²) in [6.07, 6.45) is 0.360. The third-order valence-corrected chi connectivity index (χ3v) is 8.65. The number of hydrogen-bond acceptors (Lipinski definition) is 13. The van der Waals surface area contributed by atoms with Gasteiger partial charge in [0.1, 0.15) is 33.0 Å². The van der Waals surface area contributed by atoms with E-state index in [2.05, 4.69) is 0 Å². The van der Waals surface area contributed by atoms with Crippen molar-refractivity contribution in [2.45, 2.75) is 25.0 Å². The van der Waals surface area contributed by atoms with Crippen LogP contribution in [0, 0.1) is 10.1 Å². The fourth-order valence-corrected chi connectivity index (χ4v) is 5.91. The van der Waals surface area contributed by atoms with Crippen LogP contribution in [0.3, 0.4) is 0 Å². The van der Waals surface area contributed by atoms with Crippen molar-refractivity contribution in [2.75, 3.05) is 92.4 Å². The van der Waals surface area contributed by atoms with Gasteiger partial charge in [0.15, 0.2) is 28.6 Å². The molecule has 4 aromatic carbocycles. The summed E-state index contributed by atoms with van der Waals surface area (Å²) in [6, 6.07) is 31.0. The van der Waals surface area contributed by atoms with Crippen molar-refractivity contribution < 1.29 is 57.1 Å². The summed E-state index contributed by atoms with van der Waals surface area (Å²) < 4.78 is 58.2. The highest BCUT2D eigenvalue weighted by Crippen LogP contribution is 2.35. The number of para-hydroxylation sites is 2. The van der Waals surface area contributed by atoms with E-state index in [0.717, 1.165) is 0 Å². The van der Waals surface area contributed by atoms with E-state index in [0.29, 0.717) is 112 Å². The summed E-state index contributed by atoms with van der Waals surface area (Å²) in [5.74, 6) is 1.82. The summed E-state index contributed by atoms with van der Waals surface area (Å²) in [6.45, 7) is 3.85. The number of esters is 1. The van der Waals surface area contributed by atoms with Crippen molar-refractivity contribution in [1.82, 2.24) is 0 Å². The Kier molecular flexibility index (Phi) is 18.4. The normalized spacial score (nSPS) is 15.4. The molecule has 0 saturated carbocycles. The van der Waals surface area contributed by atoms with E-state index in [1.165, 1.54) is 0 Å². The molecule has 0 unspecified atom stereocenters. The lowest BCUT2D eigenvalue weighted by Crippen LogP contribution is -2.39. The molecule has 0 aromatic heterocycles. The number of fused-ring (bicyclic) bond motifs is 2. The standard InChI is InChI=1S/C43H51NO13/c45-42(16-9-19-57-43(34-44(46)47,36-10-3-1-4-11-36)37-12-5-2-6-13-37)56-33-35-17-18-40-41(32-35)55-31-27-51-23-22-49-25-29-53-39-15-8-7-14-38(39)52-28-24-48-20-21-50-26-30-54-40/h1-8,10-15,17-18,32H,9,16,19-31,33-34H2. The van der Waals surface area contributed by atoms with Gasteiger partial charge in [0, 0.05) is 18.0 Å². The van der Waals surface area contributed by atoms with Crippen molar-refractivity contribution in [3.63, 3.8) is 0 Å². The topological polar surface area (TPSA) is 153 Å². The van der Waals surface area contributed by atoms with Crippen LogP contribution in [-0.2, 0) is 45.4 Å². The van der Waals surface area contributed by atoms with Crippen LogP contribution in [0.2, 0.25) is 0 Å². The minimum atomic E-state index is -1.32. The zero-order chi connectivity index (χ0) is 39.8. The van der Waals surface area contributed by atoms with Gasteiger partial charge in [0.05, 0.1) is 52.9 Å². The van der Waals surface area contributed by atoms with Gasteiger partial charge in [0.25, 0.3) is 0 Å². The van der Waals surface area contributed by atoms with Crippen LogP contribution in [0.1, 0.15) is 29.5 Å². The van der Waals surface area contributed by atoms with E-state index >= 15 is 0 Å². The number of rotatable bonds is 11. The van der Waals surface area contributed by atoms with Gasteiger partial charge in [-0.3, -0.25) is 14.9 Å². The second-order valence-corrected chi connectivity index (χ2v) is 12.7. The van der Waals surface area contributed by atoms with Crippen LogP contribution in [0.5, 0.6) is 23.0 Å². The van der Waals surface area contributed by atoms with E-state index in [-0.39, 0.29) is 37.8 Å². The number of nitrogens with zero attached hydrogens (tertiary/aromatic N) is 1. The lowest BCUT2D eigenvalue weighted by molar-refractivity contribution is -0.501. The fraction of sp³-hybridized carbons (Fsp3) is 0.419. The predicted octanol–water partition coefficient (Wildman–Crippen LogP) is 6.04. The van der Waals surface area contributed by atoms with E-state index in [9.17, 15) is 14.9 Å². The molecule has 0 atom stereocenters. The van der Waals surface area contributed by atoms with Crippen LogP contribution in [0.4, 0.5) is 0 Å². The van der Waals surface area contributed by atoms with Gasteiger partial charge in [0.2, 0.25) is 6.54 Å². The van der Waals surface area contributed by atoms with Gasteiger partial charge in [-0.2, -0.15) is 0 Å². The SMILES string of the molecule is O=C(CCCOC(C[N+](=O)[O-])(c1ccccc1)c1ccccc1)OCc1ccc2c(c1)OCCOCCOCCOc1ccccc1OCCOCCOCCO2. The maximum atomic E-state index is 12.8. The van der Waals surface area contributed by atoms with E-state index in [4.69, 9.17) is 47.4 Å². The quantitative estimate of drug-likeness (QED) is 0.0752. The predicted molar refractivity (Wildman–Crippen MR) is 209 cm³/mol. The maximum Gasteiger partial charge on any atom is 0.306 e. The van der Waals surface area contributed by atoms with Crippen LogP contribution in [-0.4, -0.2) is 103 Å². The summed E-state index contributed by atoms with van der Waals surface area (Å²) >= 11 is 0. The van der Waals surface area contributed by atoms with Crippen LogP contribution >= 0.6 is 0 Å². The Labute approximate surface area is 332 Å². The molecule has 14 nitrogen and oxygen atoms in total. The average Bonchev–Trinajstić information content (AvgIpc) is 3.23. The molecule has 1 aliphatic heterocycles. The summed E-state index contributed by atoms with van der Waals surface area (Å²) in [7, 11) is 0. The maximum absolute atomic E-state index is 12.8. The van der Waals surface area contributed by atoms with Crippen molar-refractivity contribution in [3.8, 4) is 23.0 Å². The third kappa shape index (κ3) is 14.6. The molecule has 14 heteroatoms. The Balaban J connectivity index is 1.10. The molecule has 0 bridgehead atoms. The molecule has 0 aliphatic carbocycles. The summed E-state index contributed by atoms with van der Waals surface area (Å²) in [4.78, 5) is 24.3. The molecule has 0 spiro atoms. The molecule has 1 aliphatic rings. The van der Waals surface area contributed by atoms with E-state index < -0.39 is 18.1 Å². The number of carbonyl (C=O) groups is 1. The first-order chi connectivity index (χ1) is 28.0. The molecule has 57 heavy (non-hydrogen) atoms. The lowest BCUT2D eigenvalue weighted by atomic mass is 9.86. The number of nitro groups is 1. The fourth-order valence-electron chi connectivity index (χ4n) is 5.91. The zero-order valence-corrected chi connectivity index (χ0v) is 32.1. The molecule has 0 fully saturated rings. The lowest BCUT2D eigenvalue weighted by Gasteiger charge is -2.31. The van der Waals surface area contributed by atoms with Crippen LogP contribution in [0.25, 0.3) is 0 Å². The second kappa shape index (κ2) is 24.4. The highest BCUT2D eigenvalue weighted by molar-refractivity contribution is 5.69. The Bertz CT molecular complexity index is 1720. The first kappa shape index (κ1) is 42.9. The Morgan fingerprint density at radius 3 is 1.51 bits per heavy atom. The molecular formula is C43H51NO13. The van der Waals surface area contributed by atoms with Crippen molar-refractivity contribution in [1.29, 1.82) is 0 Å². The smallest absolute Gasteiger partial charge is 0.306 e. The van der Waals surface area contributed by atoms with Gasteiger partial charge in [-0.15, -0.1) is 0 Å². The highest BCUT2D eigenvalue weighted by Gasteiger charge is 2.41. The van der Waals surface area contributed by atoms with Crippen LogP contribution in [0.15, 0.2) is 103 Å². The molecule has 0 N–H and O–H groups in total.